The Morgan fingerprint density at radius 1 is 1.64 bits per heavy atom. The molecule has 80 valence electrons. The Morgan fingerprint density at radius 3 is 2.93 bits per heavy atom. The first kappa shape index (κ1) is 11.2. The molecule has 14 heavy (non-hydrogen) atoms. The molecule has 0 saturated heterocycles. The SMILES string of the molecule is CCC1C=C(CCC(=O)O)CCC1O. The molecule has 0 heterocycles. The molecule has 1 aliphatic rings. The minimum Gasteiger partial charge on any atom is -0.481 e. The maximum absolute atomic E-state index is 10.4. The van der Waals surface area contributed by atoms with Crippen molar-refractivity contribution in [2.45, 2.75) is 45.1 Å². The minimum atomic E-state index is -0.745. The molecule has 0 saturated carbocycles. The van der Waals surface area contributed by atoms with Gasteiger partial charge in [0.05, 0.1) is 6.10 Å². The Kier molecular flexibility index (Phi) is 4.14. The molecule has 1 aliphatic carbocycles. The van der Waals surface area contributed by atoms with Crippen LogP contribution in [-0.4, -0.2) is 22.3 Å². The number of hydrogen-bond donors (Lipinski definition) is 2. The van der Waals surface area contributed by atoms with E-state index in [0.717, 1.165) is 19.3 Å². The summed E-state index contributed by atoms with van der Waals surface area (Å²) in [6.07, 6.45) is 5.24. The van der Waals surface area contributed by atoms with Crippen LogP contribution < -0.4 is 0 Å². The third kappa shape index (κ3) is 3.14. The molecule has 0 bridgehead atoms. The molecular weight excluding hydrogens is 180 g/mol. The molecule has 2 unspecified atom stereocenters. The van der Waals surface area contributed by atoms with Gasteiger partial charge in [0.1, 0.15) is 0 Å². The van der Waals surface area contributed by atoms with Crippen LogP contribution in [0.3, 0.4) is 0 Å². The maximum Gasteiger partial charge on any atom is 0.303 e. The summed E-state index contributed by atoms with van der Waals surface area (Å²) in [7, 11) is 0. The number of aliphatic hydroxyl groups excluding tert-OH is 1. The average molecular weight is 198 g/mol. The maximum atomic E-state index is 10.4. The summed E-state index contributed by atoms with van der Waals surface area (Å²) in [4.78, 5) is 10.4. The van der Waals surface area contributed by atoms with Gasteiger partial charge >= 0.3 is 5.97 Å². The fraction of sp³-hybridized carbons (Fsp3) is 0.727. The number of rotatable bonds is 4. The monoisotopic (exact) mass is 198 g/mol. The highest BCUT2D eigenvalue weighted by atomic mass is 16.4. The van der Waals surface area contributed by atoms with Crippen LogP contribution in [0, 0.1) is 5.92 Å². The van der Waals surface area contributed by atoms with E-state index in [9.17, 15) is 9.90 Å². The average Bonchev–Trinajstić information content (AvgIpc) is 2.16. The molecular formula is C11H18O3. The van der Waals surface area contributed by atoms with Crippen LogP contribution in [0.2, 0.25) is 0 Å². The van der Waals surface area contributed by atoms with Crippen molar-refractivity contribution in [2.75, 3.05) is 0 Å². The highest BCUT2D eigenvalue weighted by molar-refractivity contribution is 5.67. The Balaban J connectivity index is 2.49. The molecule has 0 radical (unpaired) electrons. The number of carboxylic acids is 1. The number of carboxylic acid groups (broad SMARTS) is 1. The van der Waals surface area contributed by atoms with E-state index in [1.807, 2.05) is 6.92 Å². The van der Waals surface area contributed by atoms with Crippen molar-refractivity contribution in [1.82, 2.24) is 0 Å². The highest BCUT2D eigenvalue weighted by Gasteiger charge is 2.20. The van der Waals surface area contributed by atoms with Crippen molar-refractivity contribution in [3.8, 4) is 0 Å². The molecule has 0 spiro atoms. The molecule has 2 atom stereocenters. The smallest absolute Gasteiger partial charge is 0.303 e. The summed E-state index contributed by atoms with van der Waals surface area (Å²) in [5.41, 5.74) is 1.20. The molecule has 0 aromatic rings. The van der Waals surface area contributed by atoms with E-state index in [4.69, 9.17) is 5.11 Å². The number of carbonyl (C=O) groups is 1. The van der Waals surface area contributed by atoms with E-state index in [-0.39, 0.29) is 18.4 Å². The van der Waals surface area contributed by atoms with Gasteiger partial charge in [0.2, 0.25) is 0 Å². The lowest BCUT2D eigenvalue weighted by Gasteiger charge is -2.25. The fourth-order valence-corrected chi connectivity index (χ4v) is 1.91. The first-order valence-corrected chi connectivity index (χ1v) is 5.23. The normalized spacial score (nSPS) is 27.1. The lowest BCUT2D eigenvalue weighted by atomic mass is 9.85. The standard InChI is InChI=1S/C11H18O3/c1-2-9-7-8(3-5-10(9)12)4-6-11(13)14/h7,9-10,12H,2-6H2,1H3,(H,13,14). The number of aliphatic hydroxyl groups is 1. The summed E-state index contributed by atoms with van der Waals surface area (Å²) in [5.74, 6) is -0.516. The van der Waals surface area contributed by atoms with Gasteiger partial charge in [-0.2, -0.15) is 0 Å². The highest BCUT2D eigenvalue weighted by Crippen LogP contribution is 2.27. The Labute approximate surface area is 84.4 Å². The van der Waals surface area contributed by atoms with Crippen LogP contribution in [0.4, 0.5) is 0 Å². The van der Waals surface area contributed by atoms with Crippen molar-refractivity contribution in [3.63, 3.8) is 0 Å². The van der Waals surface area contributed by atoms with Crippen LogP contribution in [0.1, 0.15) is 39.0 Å². The summed E-state index contributed by atoms with van der Waals surface area (Å²) in [6, 6.07) is 0. The molecule has 1 rings (SSSR count). The van der Waals surface area contributed by atoms with Crippen molar-refractivity contribution in [2.24, 2.45) is 5.92 Å². The topological polar surface area (TPSA) is 57.5 Å². The summed E-state index contributed by atoms with van der Waals surface area (Å²) in [5, 5.41) is 18.1. The van der Waals surface area contributed by atoms with E-state index in [1.54, 1.807) is 0 Å². The molecule has 0 aromatic heterocycles. The van der Waals surface area contributed by atoms with Crippen LogP contribution in [0.5, 0.6) is 0 Å². The van der Waals surface area contributed by atoms with Crippen molar-refractivity contribution < 1.29 is 15.0 Å². The molecule has 3 heteroatoms. The number of aliphatic carboxylic acids is 1. The molecule has 0 amide bonds. The zero-order valence-electron chi connectivity index (χ0n) is 8.57. The van der Waals surface area contributed by atoms with E-state index < -0.39 is 5.97 Å². The van der Waals surface area contributed by atoms with Gasteiger partial charge < -0.3 is 10.2 Å². The molecule has 2 N–H and O–H groups in total. The summed E-state index contributed by atoms with van der Waals surface area (Å²) < 4.78 is 0. The number of allylic oxidation sites excluding steroid dienone is 1. The van der Waals surface area contributed by atoms with E-state index >= 15 is 0 Å². The van der Waals surface area contributed by atoms with Gasteiger partial charge in [-0.05, 0) is 25.7 Å². The van der Waals surface area contributed by atoms with Crippen molar-refractivity contribution in [1.29, 1.82) is 0 Å². The first-order chi connectivity index (χ1) is 6.63. The van der Waals surface area contributed by atoms with Crippen LogP contribution in [0.15, 0.2) is 11.6 Å². The predicted molar refractivity (Wildman–Crippen MR) is 54.0 cm³/mol. The van der Waals surface area contributed by atoms with E-state index in [0.29, 0.717) is 6.42 Å². The Hall–Kier alpha value is -0.830. The van der Waals surface area contributed by atoms with Gasteiger partial charge in [-0.1, -0.05) is 18.6 Å². The van der Waals surface area contributed by atoms with Crippen LogP contribution >= 0.6 is 0 Å². The fourth-order valence-electron chi connectivity index (χ4n) is 1.91. The molecule has 0 aromatic carbocycles. The molecule has 3 nitrogen and oxygen atoms in total. The minimum absolute atomic E-state index is 0.207. The van der Waals surface area contributed by atoms with Crippen molar-refractivity contribution in [3.05, 3.63) is 11.6 Å². The third-order valence-corrected chi connectivity index (χ3v) is 2.84. The summed E-state index contributed by atoms with van der Waals surface area (Å²) in [6.45, 7) is 2.05. The van der Waals surface area contributed by atoms with Gasteiger partial charge in [-0.3, -0.25) is 4.79 Å². The Bertz CT molecular complexity index is 233. The Morgan fingerprint density at radius 2 is 2.36 bits per heavy atom. The van der Waals surface area contributed by atoms with Crippen LogP contribution in [-0.2, 0) is 4.79 Å². The summed E-state index contributed by atoms with van der Waals surface area (Å²) >= 11 is 0. The predicted octanol–water partition coefficient (Wildman–Crippen LogP) is 1.96. The second-order valence-corrected chi connectivity index (χ2v) is 3.90. The lowest BCUT2D eigenvalue weighted by Crippen LogP contribution is -2.22. The van der Waals surface area contributed by atoms with E-state index in [2.05, 4.69) is 6.08 Å². The van der Waals surface area contributed by atoms with Crippen molar-refractivity contribution >= 4 is 5.97 Å². The van der Waals surface area contributed by atoms with Gasteiger partial charge in [0.15, 0.2) is 0 Å². The second kappa shape index (κ2) is 5.15. The quantitative estimate of drug-likeness (QED) is 0.679. The molecule has 0 aliphatic heterocycles. The molecule has 0 fully saturated rings. The van der Waals surface area contributed by atoms with E-state index in [1.165, 1.54) is 5.57 Å². The van der Waals surface area contributed by atoms with Gasteiger partial charge in [0.25, 0.3) is 0 Å². The van der Waals surface area contributed by atoms with Gasteiger partial charge in [-0.15, -0.1) is 0 Å². The van der Waals surface area contributed by atoms with Crippen LogP contribution in [0.25, 0.3) is 0 Å². The zero-order chi connectivity index (χ0) is 10.6. The largest absolute Gasteiger partial charge is 0.481 e. The van der Waals surface area contributed by atoms with Gasteiger partial charge in [0, 0.05) is 12.3 Å². The third-order valence-electron chi connectivity index (χ3n) is 2.84. The lowest BCUT2D eigenvalue weighted by molar-refractivity contribution is -0.136. The second-order valence-electron chi connectivity index (χ2n) is 3.90. The first-order valence-electron chi connectivity index (χ1n) is 5.23. The zero-order valence-corrected chi connectivity index (χ0v) is 8.57. The number of hydrogen-bond acceptors (Lipinski definition) is 2. The van der Waals surface area contributed by atoms with Gasteiger partial charge in [-0.25, -0.2) is 0 Å².